The number of aliphatic hydroxyl groups is 2. The molecule has 0 aromatic heterocycles. The first kappa shape index (κ1) is 22.2. The predicted molar refractivity (Wildman–Crippen MR) is 106 cm³/mol. The second-order valence-electron chi connectivity index (χ2n) is 6.07. The number of carbonyl (C=O) groups excluding carboxylic acids is 1. The van der Waals surface area contributed by atoms with E-state index in [1.165, 1.54) is 7.11 Å². The third-order valence-corrected chi connectivity index (χ3v) is 4.12. The van der Waals surface area contributed by atoms with E-state index in [-0.39, 0.29) is 26.2 Å². The van der Waals surface area contributed by atoms with Gasteiger partial charge in [-0.25, -0.2) is 4.79 Å². The van der Waals surface area contributed by atoms with Crippen molar-refractivity contribution in [2.45, 2.75) is 18.6 Å². The van der Waals surface area contributed by atoms with Gasteiger partial charge in [0.25, 0.3) is 0 Å². The minimum Gasteiger partial charge on any atom is -0.491 e. The van der Waals surface area contributed by atoms with Crippen LogP contribution in [0.15, 0.2) is 48.5 Å². The Morgan fingerprint density at radius 1 is 1.10 bits per heavy atom. The number of carbonyl (C=O) groups is 1. The summed E-state index contributed by atoms with van der Waals surface area (Å²) in [6.07, 6.45) is -1.75. The molecule has 2 rings (SSSR count). The molecular formula is C21H24N2O6. The van der Waals surface area contributed by atoms with Gasteiger partial charge in [0.05, 0.1) is 18.2 Å². The number of methoxy groups -OCH3 is 1. The first-order valence-electron chi connectivity index (χ1n) is 9.06. The number of rotatable bonds is 10. The fraction of sp³-hybridized carbons (Fsp3) is 0.333. The largest absolute Gasteiger partial charge is 0.491 e. The second kappa shape index (κ2) is 11.7. The minimum absolute atomic E-state index is 0.0920. The van der Waals surface area contributed by atoms with Crippen molar-refractivity contribution in [2.75, 3.05) is 32.2 Å². The molecule has 0 aliphatic rings. The number of nitriles is 1. The molecule has 154 valence electrons. The highest BCUT2D eigenvalue weighted by Gasteiger charge is 2.27. The van der Waals surface area contributed by atoms with E-state index in [0.717, 1.165) is 0 Å². The molecule has 0 radical (unpaired) electrons. The number of amides is 1. The molecule has 8 heteroatoms. The summed E-state index contributed by atoms with van der Waals surface area (Å²) in [6.45, 7) is -0.0456. The summed E-state index contributed by atoms with van der Waals surface area (Å²) in [7, 11) is 1.48. The van der Waals surface area contributed by atoms with Crippen LogP contribution in [0.1, 0.15) is 23.7 Å². The van der Waals surface area contributed by atoms with Gasteiger partial charge in [-0.1, -0.05) is 12.1 Å². The number of hydrogen-bond acceptors (Lipinski definition) is 7. The Labute approximate surface area is 169 Å². The van der Waals surface area contributed by atoms with Crippen molar-refractivity contribution in [1.82, 2.24) is 0 Å². The molecule has 2 atom stereocenters. The van der Waals surface area contributed by atoms with Crippen molar-refractivity contribution < 1.29 is 29.2 Å². The summed E-state index contributed by atoms with van der Waals surface area (Å²) in [5, 5.41) is 29.6. The van der Waals surface area contributed by atoms with Gasteiger partial charge in [-0.05, 0) is 42.0 Å². The molecule has 0 saturated carbocycles. The number of aliphatic hydroxyl groups excluding tert-OH is 2. The fourth-order valence-electron chi connectivity index (χ4n) is 2.69. The third kappa shape index (κ3) is 6.76. The lowest BCUT2D eigenvalue weighted by Gasteiger charge is -2.26. The summed E-state index contributed by atoms with van der Waals surface area (Å²) in [6, 6.07) is 15.2. The van der Waals surface area contributed by atoms with E-state index in [4.69, 9.17) is 24.6 Å². The molecule has 0 saturated heterocycles. The maximum Gasteiger partial charge on any atom is 0.412 e. The van der Waals surface area contributed by atoms with Crippen LogP contribution >= 0.6 is 0 Å². The Morgan fingerprint density at radius 3 is 2.34 bits per heavy atom. The molecule has 8 nitrogen and oxygen atoms in total. The smallest absolute Gasteiger partial charge is 0.412 e. The molecule has 0 fully saturated rings. The van der Waals surface area contributed by atoms with Gasteiger partial charge in [0.2, 0.25) is 0 Å². The average Bonchev–Trinajstić information content (AvgIpc) is 2.75. The molecule has 2 aromatic rings. The Kier molecular flexibility index (Phi) is 8.92. The van der Waals surface area contributed by atoms with E-state index in [1.807, 2.05) is 6.07 Å². The van der Waals surface area contributed by atoms with Gasteiger partial charge in [0, 0.05) is 25.8 Å². The molecule has 29 heavy (non-hydrogen) atoms. The Balaban J connectivity index is 2.14. The summed E-state index contributed by atoms with van der Waals surface area (Å²) in [5.41, 5.74) is 1.63. The SMILES string of the molecule is CO[C@H](CCO)[C@H](OC(=O)Nc1ccc(C#N)cc1)c1ccc(OCCO)cc1. The average molecular weight is 400 g/mol. The maximum atomic E-state index is 12.4. The lowest BCUT2D eigenvalue weighted by Crippen LogP contribution is -2.28. The van der Waals surface area contributed by atoms with Gasteiger partial charge in [0.1, 0.15) is 18.5 Å². The normalized spacial score (nSPS) is 12.5. The molecule has 0 spiro atoms. The van der Waals surface area contributed by atoms with Gasteiger partial charge < -0.3 is 24.4 Å². The summed E-state index contributed by atoms with van der Waals surface area (Å²) in [4.78, 5) is 12.4. The summed E-state index contributed by atoms with van der Waals surface area (Å²) >= 11 is 0. The molecule has 2 aromatic carbocycles. The van der Waals surface area contributed by atoms with Crippen LogP contribution in [0.3, 0.4) is 0 Å². The van der Waals surface area contributed by atoms with E-state index in [1.54, 1.807) is 48.5 Å². The van der Waals surface area contributed by atoms with Crippen LogP contribution in [0.4, 0.5) is 10.5 Å². The molecule has 0 unspecified atom stereocenters. The van der Waals surface area contributed by atoms with Crippen LogP contribution < -0.4 is 10.1 Å². The van der Waals surface area contributed by atoms with Gasteiger partial charge in [-0.2, -0.15) is 5.26 Å². The second-order valence-corrected chi connectivity index (χ2v) is 6.07. The van der Waals surface area contributed by atoms with Crippen molar-refractivity contribution in [2.24, 2.45) is 0 Å². The van der Waals surface area contributed by atoms with Crippen molar-refractivity contribution in [1.29, 1.82) is 5.26 Å². The van der Waals surface area contributed by atoms with Crippen molar-refractivity contribution in [3.05, 3.63) is 59.7 Å². The molecular weight excluding hydrogens is 376 g/mol. The topological polar surface area (TPSA) is 121 Å². The number of nitrogens with zero attached hydrogens (tertiary/aromatic N) is 1. The molecule has 0 bridgehead atoms. The van der Waals surface area contributed by atoms with Crippen molar-refractivity contribution in [3.8, 4) is 11.8 Å². The van der Waals surface area contributed by atoms with Crippen LogP contribution in [0.2, 0.25) is 0 Å². The lowest BCUT2D eigenvalue weighted by molar-refractivity contribution is -0.0306. The first-order valence-corrected chi connectivity index (χ1v) is 9.06. The number of anilines is 1. The highest BCUT2D eigenvalue weighted by atomic mass is 16.6. The van der Waals surface area contributed by atoms with Crippen molar-refractivity contribution in [3.63, 3.8) is 0 Å². The Morgan fingerprint density at radius 2 is 1.79 bits per heavy atom. The maximum absolute atomic E-state index is 12.4. The van der Waals surface area contributed by atoms with E-state index in [2.05, 4.69) is 5.32 Å². The van der Waals surface area contributed by atoms with Crippen LogP contribution in [0, 0.1) is 11.3 Å². The number of benzene rings is 2. The number of ether oxygens (including phenoxy) is 3. The van der Waals surface area contributed by atoms with E-state index >= 15 is 0 Å². The number of nitrogens with one attached hydrogen (secondary N) is 1. The van der Waals surface area contributed by atoms with Gasteiger partial charge >= 0.3 is 6.09 Å². The Bertz CT molecular complexity index is 801. The van der Waals surface area contributed by atoms with E-state index < -0.39 is 18.3 Å². The van der Waals surface area contributed by atoms with Crippen molar-refractivity contribution >= 4 is 11.8 Å². The van der Waals surface area contributed by atoms with Crippen LogP contribution in [-0.4, -0.2) is 49.3 Å². The van der Waals surface area contributed by atoms with Crippen LogP contribution in [0.5, 0.6) is 5.75 Å². The molecule has 0 aliphatic carbocycles. The molecule has 1 amide bonds. The minimum atomic E-state index is -0.766. The van der Waals surface area contributed by atoms with Gasteiger partial charge in [-0.3, -0.25) is 5.32 Å². The standard InChI is InChI=1S/C21H24N2O6/c1-27-19(10-11-24)20(16-4-8-18(9-5-16)28-13-12-25)29-21(26)23-17-6-2-15(14-22)3-7-17/h2-9,19-20,24-25H,10-13H2,1H3,(H,23,26)/t19-,20-/m1/s1. The quantitative estimate of drug-likeness (QED) is 0.560. The third-order valence-electron chi connectivity index (χ3n) is 4.12. The van der Waals surface area contributed by atoms with Crippen LogP contribution in [0.25, 0.3) is 0 Å². The lowest BCUT2D eigenvalue weighted by atomic mass is 10.0. The highest BCUT2D eigenvalue weighted by molar-refractivity contribution is 5.84. The van der Waals surface area contributed by atoms with Gasteiger partial charge in [-0.15, -0.1) is 0 Å². The zero-order valence-electron chi connectivity index (χ0n) is 16.1. The summed E-state index contributed by atoms with van der Waals surface area (Å²) in [5.74, 6) is 0.569. The van der Waals surface area contributed by atoms with Crippen LogP contribution in [-0.2, 0) is 9.47 Å². The fourth-order valence-corrected chi connectivity index (χ4v) is 2.69. The molecule has 0 heterocycles. The zero-order chi connectivity index (χ0) is 21.1. The zero-order valence-corrected chi connectivity index (χ0v) is 16.1. The molecule has 0 aliphatic heterocycles. The monoisotopic (exact) mass is 400 g/mol. The van der Waals surface area contributed by atoms with E-state index in [0.29, 0.717) is 22.6 Å². The Hall–Kier alpha value is -3.12. The van der Waals surface area contributed by atoms with Gasteiger partial charge in [0.15, 0.2) is 6.10 Å². The van der Waals surface area contributed by atoms with E-state index in [9.17, 15) is 9.90 Å². The number of hydrogen-bond donors (Lipinski definition) is 3. The highest BCUT2D eigenvalue weighted by Crippen LogP contribution is 2.28. The molecule has 3 N–H and O–H groups in total. The first-order chi connectivity index (χ1) is 14.1. The predicted octanol–water partition coefficient (Wildman–Crippen LogP) is 2.62. The summed E-state index contributed by atoms with van der Waals surface area (Å²) < 4.78 is 16.3.